The van der Waals surface area contributed by atoms with E-state index in [-0.39, 0.29) is 18.7 Å². The second-order valence-electron chi connectivity index (χ2n) is 14.1. The van der Waals surface area contributed by atoms with Gasteiger partial charge >= 0.3 is 12.1 Å². The molecule has 0 unspecified atom stereocenters. The zero-order chi connectivity index (χ0) is 35.2. The highest BCUT2D eigenvalue weighted by molar-refractivity contribution is 5.69. The van der Waals surface area contributed by atoms with Crippen LogP contribution in [0.4, 0.5) is 4.79 Å². The number of hydrogen-bond acceptors (Lipinski definition) is 7. The van der Waals surface area contributed by atoms with Crippen molar-refractivity contribution < 1.29 is 28.9 Å². The molecule has 0 radical (unpaired) electrons. The van der Waals surface area contributed by atoms with E-state index < -0.39 is 6.16 Å². The van der Waals surface area contributed by atoms with Gasteiger partial charge in [0.15, 0.2) is 0 Å². The normalized spacial score (nSPS) is 11.5. The molecule has 48 heavy (non-hydrogen) atoms. The van der Waals surface area contributed by atoms with Gasteiger partial charge in [-0.2, -0.15) is 0 Å². The fourth-order valence-electron chi connectivity index (χ4n) is 6.27. The largest absolute Gasteiger partial charge is 0.508 e. The van der Waals surface area contributed by atoms with Gasteiger partial charge in [0.2, 0.25) is 0 Å². The molecular weight excluding hydrogens is 602 g/mol. The van der Waals surface area contributed by atoms with Crippen LogP contribution in [-0.4, -0.2) is 67.7 Å². The van der Waals surface area contributed by atoms with Crippen molar-refractivity contribution in [2.45, 2.75) is 213 Å². The molecular formula is C41H81NO6. The Bertz CT molecular complexity index is 659. The van der Waals surface area contributed by atoms with Crippen LogP contribution < -0.4 is 0 Å². The predicted molar refractivity (Wildman–Crippen MR) is 202 cm³/mol. The second-order valence-corrected chi connectivity index (χ2v) is 14.1. The van der Waals surface area contributed by atoms with Gasteiger partial charge in [-0.05, 0) is 70.9 Å². The first kappa shape index (κ1) is 46.7. The summed E-state index contributed by atoms with van der Waals surface area (Å²) in [4.78, 5) is 26.7. The number of rotatable bonds is 38. The summed E-state index contributed by atoms with van der Waals surface area (Å²) in [6.45, 7) is 10.2. The molecule has 0 aromatic rings. The summed E-state index contributed by atoms with van der Waals surface area (Å²) in [6.07, 6.45) is 32.8. The molecule has 0 aromatic heterocycles. The lowest BCUT2D eigenvalue weighted by Crippen LogP contribution is -2.29. The van der Waals surface area contributed by atoms with Gasteiger partial charge < -0.3 is 24.2 Å². The van der Waals surface area contributed by atoms with Crippen LogP contribution in [0.2, 0.25) is 0 Å². The van der Waals surface area contributed by atoms with Crippen LogP contribution in [-0.2, 0) is 19.0 Å². The third-order valence-corrected chi connectivity index (χ3v) is 9.39. The van der Waals surface area contributed by atoms with Crippen molar-refractivity contribution >= 4 is 12.1 Å². The first-order chi connectivity index (χ1) is 23.6. The Labute approximate surface area is 298 Å². The SMILES string of the molecule is CCCCCCCCCOC(=O)OCCCCN(CCO)CCCCCCCC(=O)OC(CCCCCCCC)CCCCCCCC. The average Bonchev–Trinajstić information content (AvgIpc) is 3.08. The van der Waals surface area contributed by atoms with Crippen molar-refractivity contribution in [1.82, 2.24) is 4.90 Å². The van der Waals surface area contributed by atoms with Crippen LogP contribution in [0.5, 0.6) is 0 Å². The molecule has 1 N–H and O–H groups in total. The smallest absolute Gasteiger partial charge is 0.462 e. The Balaban J connectivity index is 3.99. The minimum Gasteiger partial charge on any atom is -0.462 e. The molecule has 0 spiro atoms. The molecule has 0 saturated heterocycles. The molecule has 0 aliphatic heterocycles. The Kier molecular flexibility index (Phi) is 37.4. The molecule has 0 aromatic carbocycles. The highest BCUT2D eigenvalue weighted by Gasteiger charge is 2.14. The van der Waals surface area contributed by atoms with Gasteiger partial charge in [-0.1, -0.05) is 143 Å². The monoisotopic (exact) mass is 684 g/mol. The van der Waals surface area contributed by atoms with Gasteiger partial charge in [0.1, 0.15) is 6.10 Å². The number of nitrogens with zero attached hydrogens (tertiary/aromatic N) is 1. The van der Waals surface area contributed by atoms with Crippen LogP contribution in [0, 0.1) is 0 Å². The molecule has 0 atom stereocenters. The zero-order valence-electron chi connectivity index (χ0n) is 32.3. The molecule has 0 aliphatic rings. The number of carbonyl (C=O) groups excluding carboxylic acids is 2. The Hall–Kier alpha value is -1.34. The molecule has 0 fully saturated rings. The number of carbonyl (C=O) groups is 2. The van der Waals surface area contributed by atoms with Gasteiger partial charge in [-0.15, -0.1) is 0 Å². The van der Waals surface area contributed by atoms with Crippen molar-refractivity contribution in [1.29, 1.82) is 0 Å². The van der Waals surface area contributed by atoms with Gasteiger partial charge in [-0.3, -0.25) is 4.79 Å². The lowest BCUT2D eigenvalue weighted by molar-refractivity contribution is -0.150. The molecule has 286 valence electrons. The van der Waals surface area contributed by atoms with Crippen molar-refractivity contribution in [3.8, 4) is 0 Å². The maximum Gasteiger partial charge on any atom is 0.508 e. The topological polar surface area (TPSA) is 85.3 Å². The van der Waals surface area contributed by atoms with Crippen LogP contribution >= 0.6 is 0 Å². The third kappa shape index (κ3) is 34.5. The Morgan fingerprint density at radius 2 is 0.896 bits per heavy atom. The number of hydrogen-bond donors (Lipinski definition) is 1. The molecule has 0 saturated carbocycles. The molecule has 0 aliphatic carbocycles. The summed E-state index contributed by atoms with van der Waals surface area (Å²) in [5.74, 6) is -0.00325. The van der Waals surface area contributed by atoms with E-state index in [9.17, 15) is 14.7 Å². The molecule has 0 heterocycles. The fraction of sp³-hybridized carbons (Fsp3) is 0.951. The van der Waals surface area contributed by atoms with E-state index in [4.69, 9.17) is 14.2 Å². The highest BCUT2D eigenvalue weighted by atomic mass is 16.7. The van der Waals surface area contributed by atoms with E-state index in [2.05, 4.69) is 25.7 Å². The summed E-state index contributed by atoms with van der Waals surface area (Å²) in [5, 5.41) is 9.49. The highest BCUT2D eigenvalue weighted by Crippen LogP contribution is 2.18. The minimum absolute atomic E-state index is 0.00325. The second kappa shape index (κ2) is 38.5. The maximum absolute atomic E-state index is 12.7. The minimum atomic E-state index is -0.553. The van der Waals surface area contributed by atoms with E-state index in [1.165, 1.54) is 109 Å². The summed E-state index contributed by atoms with van der Waals surface area (Å²) < 4.78 is 16.4. The van der Waals surface area contributed by atoms with Crippen LogP contribution in [0.3, 0.4) is 0 Å². The Morgan fingerprint density at radius 3 is 1.40 bits per heavy atom. The summed E-state index contributed by atoms with van der Waals surface area (Å²) in [7, 11) is 0. The Morgan fingerprint density at radius 1 is 0.500 bits per heavy atom. The standard InChI is InChI=1S/C41H81NO6/c1-4-7-10-13-16-22-28-37-46-41(45)47-38-29-27-34-42(35-36-43)33-26-21-17-20-25-32-40(44)48-39(30-23-18-14-11-8-5-2)31-24-19-15-12-9-6-3/h39,43H,4-38H2,1-3H3. The van der Waals surface area contributed by atoms with Crippen molar-refractivity contribution in [3.05, 3.63) is 0 Å². The average molecular weight is 684 g/mol. The third-order valence-electron chi connectivity index (χ3n) is 9.39. The molecule has 7 nitrogen and oxygen atoms in total. The van der Waals surface area contributed by atoms with E-state index in [1.807, 2.05) is 0 Å². The molecule has 0 rings (SSSR count). The van der Waals surface area contributed by atoms with Crippen molar-refractivity contribution in [2.75, 3.05) is 39.5 Å². The van der Waals surface area contributed by atoms with Crippen molar-refractivity contribution in [2.24, 2.45) is 0 Å². The zero-order valence-corrected chi connectivity index (χ0v) is 32.3. The van der Waals surface area contributed by atoms with Crippen LogP contribution in [0.1, 0.15) is 207 Å². The molecule has 7 heteroatoms. The molecule has 0 bridgehead atoms. The number of aliphatic hydroxyl groups is 1. The first-order valence-corrected chi connectivity index (χ1v) is 20.9. The maximum atomic E-state index is 12.7. The number of aliphatic hydroxyl groups excluding tert-OH is 1. The van der Waals surface area contributed by atoms with E-state index >= 15 is 0 Å². The molecule has 0 amide bonds. The van der Waals surface area contributed by atoms with E-state index in [0.717, 1.165) is 83.7 Å². The fourth-order valence-corrected chi connectivity index (χ4v) is 6.27. The van der Waals surface area contributed by atoms with Crippen LogP contribution in [0.25, 0.3) is 0 Å². The number of unbranched alkanes of at least 4 members (excludes halogenated alkanes) is 21. The van der Waals surface area contributed by atoms with Gasteiger partial charge in [0.05, 0.1) is 19.8 Å². The number of esters is 1. The number of ether oxygens (including phenoxy) is 3. The van der Waals surface area contributed by atoms with Gasteiger partial charge in [-0.25, -0.2) is 4.79 Å². The van der Waals surface area contributed by atoms with Crippen molar-refractivity contribution in [3.63, 3.8) is 0 Å². The van der Waals surface area contributed by atoms with Crippen LogP contribution in [0.15, 0.2) is 0 Å². The lowest BCUT2D eigenvalue weighted by Gasteiger charge is -2.21. The van der Waals surface area contributed by atoms with E-state index in [0.29, 0.717) is 26.2 Å². The van der Waals surface area contributed by atoms with Gasteiger partial charge in [0.25, 0.3) is 0 Å². The van der Waals surface area contributed by atoms with E-state index in [1.54, 1.807) is 0 Å². The lowest BCUT2D eigenvalue weighted by atomic mass is 10.0. The summed E-state index contributed by atoms with van der Waals surface area (Å²) in [6, 6.07) is 0. The first-order valence-electron chi connectivity index (χ1n) is 20.9. The van der Waals surface area contributed by atoms with Gasteiger partial charge in [0, 0.05) is 13.0 Å². The summed E-state index contributed by atoms with van der Waals surface area (Å²) in [5.41, 5.74) is 0. The predicted octanol–water partition coefficient (Wildman–Crippen LogP) is 11.7. The summed E-state index contributed by atoms with van der Waals surface area (Å²) >= 11 is 0. The quantitative estimate of drug-likeness (QED) is 0.0512.